The van der Waals surface area contributed by atoms with Crippen LogP contribution in [0.1, 0.15) is 6.42 Å². The van der Waals surface area contributed by atoms with Crippen molar-refractivity contribution in [2.45, 2.75) is 12.5 Å². The number of carbonyl (C=O) groups is 1. The van der Waals surface area contributed by atoms with Crippen molar-refractivity contribution < 1.29 is 20.3 Å². The number of thioether (sulfide) groups is 1. The van der Waals surface area contributed by atoms with E-state index in [1.54, 1.807) is 0 Å². The van der Waals surface area contributed by atoms with Crippen molar-refractivity contribution in [2.75, 3.05) is 12.0 Å². The predicted octanol–water partition coefficient (Wildman–Crippen LogP) is 0.273. The standard InChI is InChI=1S/C5H11NO4S/c1-11-3-2-4(5(7)8)6(9)10/h4,9-10H,2-3H2,1H3,(H,7,8). The molecule has 0 aromatic heterocycles. The van der Waals surface area contributed by atoms with Crippen molar-refractivity contribution in [3.8, 4) is 0 Å². The van der Waals surface area contributed by atoms with Gasteiger partial charge in [-0.1, -0.05) is 5.23 Å². The summed E-state index contributed by atoms with van der Waals surface area (Å²) in [5.74, 6) is -0.654. The van der Waals surface area contributed by atoms with Gasteiger partial charge in [-0.3, -0.25) is 15.2 Å². The molecular weight excluding hydrogens is 170 g/mol. The lowest BCUT2D eigenvalue weighted by Crippen LogP contribution is -2.36. The van der Waals surface area contributed by atoms with E-state index in [4.69, 9.17) is 15.5 Å². The Morgan fingerprint density at radius 1 is 1.64 bits per heavy atom. The summed E-state index contributed by atoms with van der Waals surface area (Å²) in [6.07, 6.45) is 2.03. The fraction of sp³-hybridized carbons (Fsp3) is 0.800. The Morgan fingerprint density at radius 3 is 2.45 bits per heavy atom. The third-order valence-electron chi connectivity index (χ3n) is 1.16. The third kappa shape index (κ3) is 4.20. The highest BCUT2D eigenvalue weighted by Crippen LogP contribution is 2.04. The van der Waals surface area contributed by atoms with Crippen LogP contribution < -0.4 is 0 Å². The molecule has 0 fully saturated rings. The predicted molar refractivity (Wildman–Crippen MR) is 39.8 cm³/mol. The van der Waals surface area contributed by atoms with E-state index in [0.717, 1.165) is 0 Å². The number of carboxylic acids is 1. The minimum atomic E-state index is -1.23. The first-order valence-electron chi connectivity index (χ1n) is 2.98. The van der Waals surface area contributed by atoms with E-state index in [1.807, 2.05) is 6.26 Å². The van der Waals surface area contributed by atoms with E-state index in [0.29, 0.717) is 5.75 Å². The van der Waals surface area contributed by atoms with Gasteiger partial charge in [-0.05, 0) is 18.4 Å². The first-order valence-corrected chi connectivity index (χ1v) is 4.37. The average Bonchev–Trinajstić information content (AvgIpc) is 1.87. The highest BCUT2D eigenvalue weighted by molar-refractivity contribution is 7.98. The van der Waals surface area contributed by atoms with Crippen LogP contribution in [0, 0.1) is 0 Å². The molecule has 1 atom stereocenters. The number of rotatable bonds is 5. The summed E-state index contributed by atoms with van der Waals surface area (Å²) in [4.78, 5) is 10.3. The van der Waals surface area contributed by atoms with E-state index in [9.17, 15) is 4.79 Å². The normalized spacial score (nSPS) is 13.5. The number of hydrogen-bond donors (Lipinski definition) is 3. The Hall–Kier alpha value is -0.300. The molecule has 0 bridgehead atoms. The van der Waals surface area contributed by atoms with Crippen LogP contribution in [0.3, 0.4) is 0 Å². The maximum absolute atomic E-state index is 10.3. The van der Waals surface area contributed by atoms with Crippen molar-refractivity contribution in [2.24, 2.45) is 0 Å². The van der Waals surface area contributed by atoms with Crippen LogP contribution in [0.25, 0.3) is 0 Å². The molecule has 11 heavy (non-hydrogen) atoms. The fourth-order valence-electron chi connectivity index (χ4n) is 0.567. The largest absolute Gasteiger partial charge is 0.480 e. The molecule has 0 spiro atoms. The zero-order chi connectivity index (χ0) is 8.85. The second-order valence-electron chi connectivity index (χ2n) is 1.96. The summed E-state index contributed by atoms with van der Waals surface area (Å²) < 4.78 is 0. The van der Waals surface area contributed by atoms with E-state index in [2.05, 4.69) is 0 Å². The van der Waals surface area contributed by atoms with Crippen LogP contribution in [-0.4, -0.2) is 44.8 Å². The number of hydrogen-bond acceptors (Lipinski definition) is 5. The quantitative estimate of drug-likeness (QED) is 0.528. The van der Waals surface area contributed by atoms with Crippen LogP contribution in [-0.2, 0) is 4.79 Å². The van der Waals surface area contributed by atoms with Crippen molar-refractivity contribution in [3.05, 3.63) is 0 Å². The monoisotopic (exact) mass is 181 g/mol. The van der Waals surface area contributed by atoms with Crippen LogP contribution in [0.2, 0.25) is 0 Å². The van der Waals surface area contributed by atoms with Gasteiger partial charge >= 0.3 is 5.97 Å². The van der Waals surface area contributed by atoms with E-state index < -0.39 is 12.0 Å². The minimum absolute atomic E-state index is 0.212. The Bertz CT molecular complexity index is 130. The van der Waals surface area contributed by atoms with E-state index in [1.165, 1.54) is 11.8 Å². The first-order chi connectivity index (χ1) is 5.09. The summed E-state index contributed by atoms with van der Waals surface area (Å²) in [5, 5.41) is 24.9. The molecule has 0 saturated heterocycles. The SMILES string of the molecule is CSCCC(C(=O)O)N(O)O. The lowest BCUT2D eigenvalue weighted by Gasteiger charge is -2.14. The molecule has 0 saturated carbocycles. The molecule has 0 rings (SSSR count). The summed E-state index contributed by atoms with van der Waals surface area (Å²) in [6, 6.07) is -1.22. The minimum Gasteiger partial charge on any atom is -0.480 e. The van der Waals surface area contributed by atoms with Gasteiger partial charge in [0.05, 0.1) is 0 Å². The summed E-state index contributed by atoms with van der Waals surface area (Å²) >= 11 is 1.45. The molecule has 1 unspecified atom stereocenters. The van der Waals surface area contributed by atoms with Gasteiger partial charge in [0.2, 0.25) is 0 Å². The van der Waals surface area contributed by atoms with E-state index >= 15 is 0 Å². The molecule has 0 heterocycles. The van der Waals surface area contributed by atoms with Gasteiger partial charge in [0.25, 0.3) is 0 Å². The highest BCUT2D eigenvalue weighted by atomic mass is 32.2. The number of nitrogens with zero attached hydrogens (tertiary/aromatic N) is 1. The molecule has 5 nitrogen and oxygen atoms in total. The number of carboxylic acid groups (broad SMARTS) is 1. The molecule has 66 valence electrons. The molecule has 0 radical (unpaired) electrons. The zero-order valence-electron chi connectivity index (χ0n) is 6.10. The molecule has 0 aliphatic rings. The molecule has 6 heteroatoms. The van der Waals surface area contributed by atoms with Crippen molar-refractivity contribution in [3.63, 3.8) is 0 Å². The summed E-state index contributed by atoms with van der Waals surface area (Å²) in [5.41, 5.74) is 0. The molecule has 0 aliphatic carbocycles. The van der Waals surface area contributed by atoms with Gasteiger partial charge in [0.1, 0.15) is 0 Å². The van der Waals surface area contributed by atoms with E-state index in [-0.39, 0.29) is 11.6 Å². The second-order valence-corrected chi connectivity index (χ2v) is 2.94. The third-order valence-corrected chi connectivity index (χ3v) is 1.80. The molecule has 0 aliphatic heterocycles. The van der Waals surface area contributed by atoms with Gasteiger partial charge in [0, 0.05) is 0 Å². The molecule has 3 N–H and O–H groups in total. The Labute approximate surface area is 68.5 Å². The lowest BCUT2D eigenvalue weighted by molar-refractivity contribution is -0.327. The summed E-state index contributed by atoms with van der Waals surface area (Å²) in [7, 11) is 0. The molecular formula is C5H11NO4S. The Kier molecular flexibility index (Phi) is 5.22. The molecule has 0 aromatic rings. The van der Waals surface area contributed by atoms with Gasteiger partial charge < -0.3 is 5.11 Å². The fourth-order valence-corrected chi connectivity index (χ4v) is 1.03. The van der Waals surface area contributed by atoms with Gasteiger partial charge in [0.15, 0.2) is 6.04 Å². The van der Waals surface area contributed by atoms with Crippen LogP contribution in [0.15, 0.2) is 0 Å². The van der Waals surface area contributed by atoms with Crippen LogP contribution in [0.5, 0.6) is 0 Å². The smallest absolute Gasteiger partial charge is 0.325 e. The summed E-state index contributed by atoms with van der Waals surface area (Å²) in [6.45, 7) is 0. The first kappa shape index (κ1) is 10.7. The average molecular weight is 181 g/mol. The topological polar surface area (TPSA) is 81.0 Å². The van der Waals surface area contributed by atoms with Crippen LogP contribution in [0.4, 0.5) is 0 Å². The molecule has 0 aromatic carbocycles. The lowest BCUT2D eigenvalue weighted by atomic mass is 10.2. The number of hydroxylamine groups is 2. The van der Waals surface area contributed by atoms with Gasteiger partial charge in [-0.2, -0.15) is 11.8 Å². The highest BCUT2D eigenvalue weighted by Gasteiger charge is 2.22. The van der Waals surface area contributed by atoms with Crippen molar-refractivity contribution in [1.82, 2.24) is 5.23 Å². The maximum Gasteiger partial charge on any atom is 0.325 e. The maximum atomic E-state index is 10.3. The number of aliphatic carboxylic acids is 1. The van der Waals surface area contributed by atoms with Gasteiger partial charge in [-0.15, -0.1) is 0 Å². The van der Waals surface area contributed by atoms with Crippen molar-refractivity contribution >= 4 is 17.7 Å². The van der Waals surface area contributed by atoms with Crippen LogP contribution >= 0.6 is 11.8 Å². The second kappa shape index (κ2) is 5.36. The Balaban J connectivity index is 3.80. The van der Waals surface area contributed by atoms with Gasteiger partial charge in [-0.25, -0.2) is 0 Å². The van der Waals surface area contributed by atoms with Crippen molar-refractivity contribution in [1.29, 1.82) is 0 Å². The molecule has 0 amide bonds. The zero-order valence-corrected chi connectivity index (χ0v) is 6.91. The Morgan fingerprint density at radius 2 is 2.18 bits per heavy atom.